The third kappa shape index (κ3) is 4.85. The number of ketones is 1. The molecule has 0 bridgehead atoms. The van der Waals surface area contributed by atoms with Crippen LogP contribution in [0.4, 0.5) is 0 Å². The molecule has 4 aromatic carbocycles. The summed E-state index contributed by atoms with van der Waals surface area (Å²) < 4.78 is 0. The molecular formula is C31H29OP. The van der Waals surface area contributed by atoms with Crippen molar-refractivity contribution < 1.29 is 4.79 Å². The van der Waals surface area contributed by atoms with Crippen LogP contribution in [-0.4, -0.2) is 11.1 Å². The zero-order valence-electron chi connectivity index (χ0n) is 19.0. The van der Waals surface area contributed by atoms with Gasteiger partial charge in [0.2, 0.25) is 0 Å². The van der Waals surface area contributed by atoms with E-state index in [0.717, 1.165) is 23.7 Å². The van der Waals surface area contributed by atoms with Crippen LogP contribution in [-0.2, 0) is 4.79 Å². The summed E-state index contributed by atoms with van der Waals surface area (Å²) in [6, 6.07) is 41.8. The van der Waals surface area contributed by atoms with Gasteiger partial charge in [0, 0.05) is 5.29 Å². The van der Waals surface area contributed by atoms with Crippen molar-refractivity contribution in [3.63, 3.8) is 0 Å². The Morgan fingerprint density at radius 1 is 0.636 bits per heavy atom. The lowest BCUT2D eigenvalue weighted by molar-refractivity contribution is -0.108. The van der Waals surface area contributed by atoms with E-state index in [2.05, 4.69) is 79.7 Å². The molecule has 2 heteroatoms. The van der Waals surface area contributed by atoms with Gasteiger partial charge in [-0.15, -0.1) is 0 Å². The Balaban J connectivity index is 2.08. The van der Waals surface area contributed by atoms with E-state index in [1.54, 1.807) is 6.08 Å². The Morgan fingerprint density at radius 3 is 1.42 bits per heavy atom. The molecule has 0 unspecified atom stereocenters. The highest BCUT2D eigenvalue weighted by Gasteiger charge is 2.31. The predicted molar refractivity (Wildman–Crippen MR) is 146 cm³/mol. The van der Waals surface area contributed by atoms with E-state index >= 15 is 0 Å². The summed E-state index contributed by atoms with van der Waals surface area (Å²) in [6.45, 7) is -0.185. The Kier molecular flexibility index (Phi) is 7.55. The molecule has 0 spiro atoms. The molecule has 0 aromatic heterocycles. The van der Waals surface area contributed by atoms with E-state index in [9.17, 15) is 4.79 Å². The largest absolute Gasteiger partial charge is 0.290 e. The Bertz CT molecular complexity index is 1150. The van der Waals surface area contributed by atoms with Crippen molar-refractivity contribution in [2.75, 3.05) is 0 Å². The highest BCUT2D eigenvalue weighted by atomic mass is 31.2. The number of benzene rings is 4. The van der Waals surface area contributed by atoms with Crippen LogP contribution in [0, 0.1) is 0 Å². The van der Waals surface area contributed by atoms with Gasteiger partial charge >= 0.3 is 0 Å². The molecule has 33 heavy (non-hydrogen) atoms. The van der Waals surface area contributed by atoms with Crippen molar-refractivity contribution >= 4 is 40.0 Å². The minimum absolute atomic E-state index is 0.116. The summed E-state index contributed by atoms with van der Waals surface area (Å²) >= 11 is 0. The Hall–Kier alpha value is -3.41. The van der Waals surface area contributed by atoms with E-state index in [1.807, 2.05) is 54.6 Å². The van der Waals surface area contributed by atoms with Crippen molar-refractivity contribution in [3.8, 4) is 0 Å². The molecule has 0 atom stereocenters. The molecule has 0 radical (unpaired) electrons. The molecule has 0 aliphatic carbocycles. The standard InChI is InChI=1S/C31H29OP/c1-2-15-31(30(32)25-24-26-16-7-3-8-17-26)33(27-18-9-4-10-19-27,28-20-11-5-12-21-28)29-22-13-6-14-23-29/h3-14,16-25H,2,15H2,1H3/b25-24+. The van der Waals surface area contributed by atoms with Gasteiger partial charge in [-0.3, -0.25) is 4.79 Å². The van der Waals surface area contributed by atoms with Crippen LogP contribution in [0.1, 0.15) is 25.3 Å². The van der Waals surface area contributed by atoms with E-state index in [1.165, 1.54) is 15.9 Å². The first-order valence-corrected chi connectivity index (χ1v) is 13.3. The van der Waals surface area contributed by atoms with Crippen molar-refractivity contribution in [3.05, 3.63) is 133 Å². The summed E-state index contributed by atoms with van der Waals surface area (Å²) in [4.78, 5) is 14.0. The lowest BCUT2D eigenvalue weighted by atomic mass is 10.1. The fourth-order valence-electron chi connectivity index (χ4n) is 4.39. The van der Waals surface area contributed by atoms with Crippen LogP contribution in [0.2, 0.25) is 0 Å². The Morgan fingerprint density at radius 2 is 1.03 bits per heavy atom. The number of rotatable bonds is 8. The van der Waals surface area contributed by atoms with Crippen LogP contribution in [0.25, 0.3) is 6.08 Å². The van der Waals surface area contributed by atoms with E-state index in [4.69, 9.17) is 0 Å². The number of carbonyl (C=O) groups excluding carboxylic acids is 1. The van der Waals surface area contributed by atoms with Crippen LogP contribution in [0.15, 0.2) is 127 Å². The Labute approximate surface area is 197 Å². The summed E-state index contributed by atoms with van der Waals surface area (Å²) in [5.41, 5.74) is 1.03. The van der Waals surface area contributed by atoms with Crippen molar-refractivity contribution in [2.45, 2.75) is 19.8 Å². The lowest BCUT2D eigenvalue weighted by Gasteiger charge is -2.32. The molecule has 0 aliphatic rings. The van der Waals surface area contributed by atoms with Gasteiger partial charge in [-0.2, -0.15) is 0 Å². The smallest absolute Gasteiger partial charge is 0.182 e. The van der Waals surface area contributed by atoms with Gasteiger partial charge in [0.15, 0.2) is 5.78 Å². The molecule has 0 saturated carbocycles. The molecule has 4 aromatic rings. The quantitative estimate of drug-likeness (QED) is 0.230. The van der Waals surface area contributed by atoms with Gasteiger partial charge in [0.05, 0.1) is 0 Å². The third-order valence-electron chi connectivity index (χ3n) is 5.83. The second-order valence-corrected chi connectivity index (χ2v) is 11.4. The SMILES string of the molecule is CCCC(C(=O)/C=C/c1ccccc1)=P(c1ccccc1)(c1ccccc1)c1ccccc1. The van der Waals surface area contributed by atoms with Gasteiger partial charge < -0.3 is 0 Å². The van der Waals surface area contributed by atoms with Gasteiger partial charge in [0.25, 0.3) is 0 Å². The van der Waals surface area contributed by atoms with Gasteiger partial charge in [-0.1, -0.05) is 141 Å². The molecule has 1 nitrogen and oxygen atoms in total. The lowest BCUT2D eigenvalue weighted by Crippen LogP contribution is -2.33. The summed E-state index contributed by atoms with van der Waals surface area (Å²) in [5.74, 6) is 0.116. The van der Waals surface area contributed by atoms with Gasteiger partial charge in [-0.05, 0) is 40.9 Å². The van der Waals surface area contributed by atoms with Crippen LogP contribution in [0.3, 0.4) is 0 Å². The second-order valence-electron chi connectivity index (χ2n) is 7.98. The maximum Gasteiger partial charge on any atom is 0.182 e. The fraction of sp³-hybridized carbons (Fsp3) is 0.0968. The monoisotopic (exact) mass is 448 g/mol. The first-order chi connectivity index (χ1) is 16.3. The van der Waals surface area contributed by atoms with Gasteiger partial charge in [0.1, 0.15) is 0 Å². The number of allylic oxidation sites excluding steroid dienone is 1. The van der Waals surface area contributed by atoms with Crippen molar-refractivity contribution in [1.29, 1.82) is 0 Å². The zero-order chi connectivity index (χ0) is 22.9. The topological polar surface area (TPSA) is 17.1 Å². The zero-order valence-corrected chi connectivity index (χ0v) is 19.9. The number of carbonyl (C=O) groups is 1. The predicted octanol–water partition coefficient (Wildman–Crippen LogP) is 6.24. The molecule has 0 heterocycles. The molecule has 164 valence electrons. The maximum atomic E-state index is 14.0. The molecule has 0 aliphatic heterocycles. The minimum Gasteiger partial charge on any atom is -0.290 e. The summed E-state index contributed by atoms with van der Waals surface area (Å²) in [5, 5.41) is 4.65. The molecule has 4 rings (SSSR count). The molecular weight excluding hydrogens is 419 g/mol. The highest BCUT2D eigenvalue weighted by Crippen LogP contribution is 2.47. The van der Waals surface area contributed by atoms with E-state index in [-0.39, 0.29) is 5.78 Å². The molecule has 0 fully saturated rings. The number of hydrogen-bond acceptors (Lipinski definition) is 1. The normalized spacial score (nSPS) is 11.4. The maximum absolute atomic E-state index is 14.0. The first-order valence-electron chi connectivity index (χ1n) is 11.5. The van der Waals surface area contributed by atoms with Crippen molar-refractivity contribution in [1.82, 2.24) is 0 Å². The third-order valence-corrected chi connectivity index (χ3v) is 10.3. The second kappa shape index (κ2) is 10.9. The van der Waals surface area contributed by atoms with Crippen molar-refractivity contribution in [2.24, 2.45) is 0 Å². The molecule has 0 saturated heterocycles. The number of hydrogen-bond donors (Lipinski definition) is 0. The van der Waals surface area contributed by atoms with Crippen LogP contribution in [0.5, 0.6) is 0 Å². The van der Waals surface area contributed by atoms with E-state index in [0.29, 0.717) is 0 Å². The fourth-order valence-corrected chi connectivity index (χ4v) is 9.05. The summed E-state index contributed by atoms with van der Waals surface area (Å²) in [6.07, 6.45) is 5.37. The molecule has 0 N–H and O–H groups in total. The average molecular weight is 449 g/mol. The van der Waals surface area contributed by atoms with Crippen LogP contribution < -0.4 is 15.9 Å². The van der Waals surface area contributed by atoms with E-state index < -0.39 is 6.89 Å². The molecule has 0 amide bonds. The van der Waals surface area contributed by atoms with Crippen LogP contribution >= 0.6 is 6.89 Å². The average Bonchev–Trinajstić information content (AvgIpc) is 2.90. The highest BCUT2D eigenvalue weighted by molar-refractivity contribution is 7.96. The van der Waals surface area contributed by atoms with Gasteiger partial charge in [-0.25, -0.2) is 0 Å². The summed E-state index contributed by atoms with van der Waals surface area (Å²) in [7, 11) is 0. The first kappa shape index (κ1) is 22.8. The minimum atomic E-state index is -2.34.